The zero-order chi connectivity index (χ0) is 11.9. The quantitative estimate of drug-likeness (QED) is 0.440. The normalized spacial score (nSPS) is 28.0. The molecule has 4 aliphatic rings. The van der Waals surface area contributed by atoms with Gasteiger partial charge in [0.25, 0.3) is 0 Å². The van der Waals surface area contributed by atoms with Gasteiger partial charge in [-0.3, -0.25) is 0 Å². The lowest BCUT2D eigenvalue weighted by Crippen LogP contribution is -1.88. The van der Waals surface area contributed by atoms with Gasteiger partial charge in [-0.05, 0) is 0 Å². The maximum atomic E-state index is 2.05. The Hall–Kier alpha value is 2.02. The molecule has 0 atom stereocenters. The topological polar surface area (TPSA) is 0 Å². The van der Waals surface area contributed by atoms with Crippen LogP contribution in [0.25, 0.3) is 0 Å². The summed E-state index contributed by atoms with van der Waals surface area (Å²) in [5, 5.41) is 0. The summed E-state index contributed by atoms with van der Waals surface area (Å²) in [6.07, 6.45) is 0. The molecule has 0 amide bonds. The number of hydrogen-bond acceptors (Lipinski definition) is 8. The van der Waals surface area contributed by atoms with Gasteiger partial charge in [0.2, 0.25) is 0 Å². The molecular weight excluding hydrogens is 379 g/mol. The average molecular weight is 387 g/mol. The van der Waals surface area contributed by atoms with E-state index in [1.54, 1.807) is 16.9 Å². The van der Waals surface area contributed by atoms with Gasteiger partial charge in [0.05, 0.1) is 25.4 Å². The highest BCUT2D eigenvalue weighted by Crippen LogP contribution is 2.67. The second-order valence-corrected chi connectivity index (χ2v) is 13.6. The van der Waals surface area contributed by atoms with Crippen molar-refractivity contribution in [2.75, 3.05) is 23.0 Å². The van der Waals surface area contributed by atoms with Crippen molar-refractivity contribution in [2.45, 2.75) is 0 Å². The van der Waals surface area contributed by atoms with E-state index in [0.29, 0.717) is 0 Å². The number of hydrogen-bond donors (Lipinski definition) is 0. The first kappa shape index (κ1) is 13.7. The van der Waals surface area contributed by atoms with Gasteiger partial charge in [-0.1, -0.05) is 47.0 Å². The Morgan fingerprint density at radius 1 is 0.389 bits per heavy atom. The van der Waals surface area contributed by atoms with Gasteiger partial charge in [-0.2, -0.15) is 0 Å². The SMILES string of the molecule is C1CSC2=C(S1)S[13C](=[13C]1SC3=C(SCCS3)S1)S2. The van der Waals surface area contributed by atoms with E-state index in [4.69, 9.17) is 0 Å². The molecule has 0 bridgehead atoms. The van der Waals surface area contributed by atoms with Crippen LogP contribution in [0, 0.1) is 0 Å². The Balaban J connectivity index is 1.54. The minimum Gasteiger partial charge on any atom is -0.116 e. The van der Waals surface area contributed by atoms with E-state index in [1.807, 2.05) is 94.1 Å². The molecule has 4 rings (SSSR count). The summed E-state index contributed by atoms with van der Waals surface area (Å²) in [7, 11) is 0. The molecule has 8 heteroatoms. The fourth-order valence-electron chi connectivity index (χ4n) is 1.60. The predicted molar refractivity (Wildman–Crippen MR) is 101 cm³/mol. The predicted octanol–water partition coefficient (Wildman–Crippen LogP) is 6.29. The van der Waals surface area contributed by atoms with Crippen molar-refractivity contribution in [1.29, 1.82) is 0 Å². The smallest absolute Gasteiger partial charge is 0.0717 e. The average Bonchev–Trinajstić information content (AvgIpc) is 3.02. The molecule has 0 unspecified atom stereocenters. The molecular formula is C10H8S8. The van der Waals surface area contributed by atoms with Crippen molar-refractivity contribution in [3.05, 3.63) is 25.4 Å². The lowest BCUT2D eigenvalue weighted by Gasteiger charge is -2.08. The van der Waals surface area contributed by atoms with Crippen molar-refractivity contribution in [3.63, 3.8) is 0 Å². The van der Waals surface area contributed by atoms with Crippen LogP contribution in [0.4, 0.5) is 0 Å². The molecule has 0 N–H and O–H groups in total. The highest BCUT2D eigenvalue weighted by molar-refractivity contribution is 8.45. The number of rotatable bonds is 0. The third-order valence-corrected chi connectivity index (χ3v) is 14.4. The van der Waals surface area contributed by atoms with Crippen LogP contribution in [0.1, 0.15) is 0 Å². The van der Waals surface area contributed by atoms with Crippen molar-refractivity contribution in [3.8, 4) is 0 Å². The Morgan fingerprint density at radius 3 is 0.944 bits per heavy atom. The molecule has 0 aromatic carbocycles. The highest BCUT2D eigenvalue weighted by atomic mass is 32.3. The van der Waals surface area contributed by atoms with E-state index in [-0.39, 0.29) is 0 Å². The monoisotopic (exact) mass is 386 g/mol. The van der Waals surface area contributed by atoms with Gasteiger partial charge in [0.15, 0.2) is 0 Å². The summed E-state index contributed by atoms with van der Waals surface area (Å²) in [6, 6.07) is 0. The fraction of sp³-hybridized carbons (Fsp3) is 0.400. The van der Waals surface area contributed by atoms with Crippen molar-refractivity contribution in [1.82, 2.24) is 0 Å². The lowest BCUT2D eigenvalue weighted by molar-refractivity contribution is 1.56. The van der Waals surface area contributed by atoms with Gasteiger partial charge < -0.3 is 0 Å². The largest absolute Gasteiger partial charge is 0.116 e. The molecule has 0 aromatic heterocycles. The van der Waals surface area contributed by atoms with Crippen molar-refractivity contribution >= 4 is 94.1 Å². The molecule has 0 saturated carbocycles. The van der Waals surface area contributed by atoms with Crippen LogP contribution in [0.5, 0.6) is 0 Å². The van der Waals surface area contributed by atoms with Gasteiger partial charge in [0.1, 0.15) is 0 Å². The summed E-state index contributed by atoms with van der Waals surface area (Å²) < 4.78 is 9.31. The molecule has 0 nitrogen and oxygen atoms in total. The van der Waals surface area contributed by atoms with Gasteiger partial charge >= 0.3 is 0 Å². The maximum Gasteiger partial charge on any atom is 0.0717 e. The Bertz CT molecular complexity index is 404. The molecule has 96 valence electrons. The fourth-order valence-corrected chi connectivity index (χ4v) is 13.8. The standard InChI is InChI=1S/C10H8S8/c1-2-12-6-5(11-1)15-9(16-6)10-17-7-8(18-10)14-4-3-13-7/h1-4H2/i9+1,10+1. The third kappa shape index (κ3) is 2.69. The summed E-state index contributed by atoms with van der Waals surface area (Å²) in [4.78, 5) is 0. The van der Waals surface area contributed by atoms with E-state index >= 15 is 0 Å². The second-order valence-electron chi connectivity index (χ2n) is 3.53. The van der Waals surface area contributed by atoms with E-state index < -0.39 is 0 Å². The van der Waals surface area contributed by atoms with Crippen LogP contribution in [-0.2, 0) is 0 Å². The van der Waals surface area contributed by atoms with Crippen molar-refractivity contribution in [2.24, 2.45) is 0 Å². The van der Waals surface area contributed by atoms with Crippen LogP contribution in [0.15, 0.2) is 25.4 Å². The van der Waals surface area contributed by atoms with E-state index in [0.717, 1.165) is 0 Å². The van der Waals surface area contributed by atoms with Gasteiger partial charge in [-0.15, -0.1) is 47.0 Å². The second kappa shape index (κ2) is 6.02. The molecule has 0 spiro atoms. The molecule has 18 heavy (non-hydrogen) atoms. The summed E-state index contributed by atoms with van der Waals surface area (Å²) in [6.45, 7) is 0. The first-order valence-electron chi connectivity index (χ1n) is 5.35. The summed E-state index contributed by atoms with van der Waals surface area (Å²) in [5.74, 6) is 5.11. The third-order valence-electron chi connectivity index (χ3n) is 2.34. The number of thioether (sulfide) groups is 8. The zero-order valence-electron chi connectivity index (χ0n) is 9.09. The van der Waals surface area contributed by atoms with E-state index in [1.165, 1.54) is 31.5 Å². The van der Waals surface area contributed by atoms with Crippen LogP contribution < -0.4 is 0 Å². The Labute approximate surface area is 141 Å². The Morgan fingerprint density at radius 2 is 0.667 bits per heavy atom. The van der Waals surface area contributed by atoms with Crippen molar-refractivity contribution < 1.29 is 0 Å². The molecule has 0 aromatic rings. The van der Waals surface area contributed by atoms with Crippen LogP contribution in [-0.4, -0.2) is 23.0 Å². The minimum absolute atomic E-state index is 1.28. The minimum atomic E-state index is 1.28. The molecule has 0 radical (unpaired) electrons. The van der Waals surface area contributed by atoms with Crippen LogP contribution >= 0.6 is 94.1 Å². The molecule has 0 fully saturated rings. The lowest BCUT2D eigenvalue weighted by atomic mass is 11.0. The first-order chi connectivity index (χ1) is 8.90. The Kier molecular flexibility index (Phi) is 4.57. The molecule has 0 aliphatic carbocycles. The maximum absolute atomic E-state index is 2.05. The van der Waals surface area contributed by atoms with Gasteiger partial charge in [-0.25, -0.2) is 0 Å². The molecule has 4 aliphatic heterocycles. The summed E-state index contributed by atoms with van der Waals surface area (Å²) >= 11 is 16.2. The zero-order valence-corrected chi connectivity index (χ0v) is 15.6. The van der Waals surface area contributed by atoms with Gasteiger partial charge in [0, 0.05) is 23.0 Å². The molecule has 4 heterocycles. The highest BCUT2D eigenvalue weighted by Gasteiger charge is 2.32. The molecule has 0 saturated heterocycles. The van der Waals surface area contributed by atoms with Crippen LogP contribution in [0.3, 0.4) is 0 Å². The summed E-state index contributed by atoms with van der Waals surface area (Å²) in [5.41, 5.74) is 0. The van der Waals surface area contributed by atoms with E-state index in [2.05, 4.69) is 0 Å². The van der Waals surface area contributed by atoms with E-state index in [9.17, 15) is 0 Å². The first-order valence-corrected chi connectivity index (χ1v) is 12.6. The van der Waals surface area contributed by atoms with Crippen LogP contribution in [0.2, 0.25) is 0 Å².